The van der Waals surface area contributed by atoms with Crippen LogP contribution in [0.1, 0.15) is 5.56 Å². The molecule has 0 aliphatic carbocycles. The third-order valence-corrected chi connectivity index (χ3v) is 5.71. The molecule has 0 unspecified atom stereocenters. The van der Waals surface area contributed by atoms with Crippen LogP contribution in [-0.4, -0.2) is 52.3 Å². The molecule has 3 aromatic rings. The second kappa shape index (κ2) is 11.3. The smallest absolute Gasteiger partial charge is 0.247 e. The number of nitrogens with zero attached hydrogens (tertiary/aromatic N) is 4. The van der Waals surface area contributed by atoms with Crippen LogP contribution in [0.4, 0.5) is 37.6 Å². The number of benzene rings is 2. The van der Waals surface area contributed by atoms with Crippen molar-refractivity contribution in [3.8, 4) is 0 Å². The summed E-state index contributed by atoms with van der Waals surface area (Å²) in [6.45, 7) is 4.96. The van der Waals surface area contributed by atoms with Crippen LogP contribution in [0.25, 0.3) is 0 Å². The number of hydroxylamine groups is 2. The molecule has 36 heavy (non-hydrogen) atoms. The fourth-order valence-corrected chi connectivity index (χ4v) is 3.84. The summed E-state index contributed by atoms with van der Waals surface area (Å²) in [4.78, 5) is 21.5. The quantitative estimate of drug-likeness (QED) is 0.327. The molecule has 1 aliphatic rings. The van der Waals surface area contributed by atoms with Crippen LogP contribution in [0.5, 0.6) is 0 Å². The Morgan fingerprint density at radius 1 is 1.14 bits per heavy atom. The molecule has 0 radical (unpaired) electrons. The Bertz CT molecular complexity index is 1250. The number of piperazine rings is 1. The normalized spacial score (nSPS) is 13.8. The van der Waals surface area contributed by atoms with Gasteiger partial charge in [0.25, 0.3) is 0 Å². The van der Waals surface area contributed by atoms with E-state index in [0.717, 1.165) is 22.8 Å². The summed E-state index contributed by atoms with van der Waals surface area (Å²) in [7, 11) is 0. The summed E-state index contributed by atoms with van der Waals surface area (Å²) in [5.41, 5.74) is 1.46. The number of aromatic nitrogens is 2. The average Bonchev–Trinajstić information content (AvgIpc) is 2.85. The predicted octanol–water partition coefficient (Wildman–Crippen LogP) is 4.40. The average molecular weight is 516 g/mol. The van der Waals surface area contributed by atoms with Gasteiger partial charge in [0, 0.05) is 44.1 Å². The Morgan fingerprint density at radius 2 is 1.86 bits per heavy atom. The van der Waals surface area contributed by atoms with Gasteiger partial charge in [0.15, 0.2) is 17.5 Å². The summed E-state index contributed by atoms with van der Waals surface area (Å²) in [6, 6.07) is 9.52. The van der Waals surface area contributed by atoms with Crippen molar-refractivity contribution in [2.24, 2.45) is 0 Å². The third kappa shape index (κ3) is 6.25. The zero-order valence-corrected chi connectivity index (χ0v) is 19.9. The van der Waals surface area contributed by atoms with Crippen LogP contribution >= 0.6 is 11.6 Å². The molecule has 0 atom stereocenters. The molecule has 1 fully saturated rings. The second-order valence-corrected chi connectivity index (χ2v) is 8.40. The molecule has 2 aromatic carbocycles. The van der Waals surface area contributed by atoms with Gasteiger partial charge in [-0.3, -0.25) is 4.79 Å². The molecule has 2 heterocycles. The van der Waals surface area contributed by atoms with Crippen molar-refractivity contribution in [1.82, 2.24) is 15.0 Å². The molecule has 0 saturated carbocycles. The highest BCUT2D eigenvalue weighted by Gasteiger charge is 2.22. The highest BCUT2D eigenvalue weighted by molar-refractivity contribution is 6.32. The molecule has 1 saturated heterocycles. The van der Waals surface area contributed by atoms with E-state index in [-0.39, 0.29) is 28.3 Å². The van der Waals surface area contributed by atoms with E-state index in [4.69, 9.17) is 11.6 Å². The number of amides is 1. The van der Waals surface area contributed by atoms with E-state index in [0.29, 0.717) is 44.2 Å². The van der Waals surface area contributed by atoms with Crippen LogP contribution in [-0.2, 0) is 11.3 Å². The molecular weight excluding hydrogens is 492 g/mol. The Hall–Kier alpha value is -3.80. The Morgan fingerprint density at radius 3 is 2.56 bits per heavy atom. The van der Waals surface area contributed by atoms with E-state index in [1.807, 2.05) is 6.07 Å². The molecule has 0 bridgehead atoms. The number of hydrogen-bond donors (Lipinski definition) is 4. The predicted molar refractivity (Wildman–Crippen MR) is 135 cm³/mol. The van der Waals surface area contributed by atoms with Gasteiger partial charge < -0.3 is 26.1 Å². The van der Waals surface area contributed by atoms with Gasteiger partial charge in [-0.25, -0.2) is 13.8 Å². The summed E-state index contributed by atoms with van der Waals surface area (Å²) in [6.07, 6.45) is 2.55. The van der Waals surface area contributed by atoms with Crippen LogP contribution in [0, 0.1) is 11.6 Å². The van der Waals surface area contributed by atoms with E-state index in [1.54, 1.807) is 23.1 Å². The van der Waals surface area contributed by atoms with E-state index >= 15 is 0 Å². The fourth-order valence-electron chi connectivity index (χ4n) is 3.68. The van der Waals surface area contributed by atoms with Gasteiger partial charge in [-0.1, -0.05) is 30.3 Å². The minimum atomic E-state index is -0.736. The van der Waals surface area contributed by atoms with Crippen molar-refractivity contribution in [1.29, 1.82) is 0 Å². The van der Waals surface area contributed by atoms with Crippen molar-refractivity contribution in [3.63, 3.8) is 0 Å². The van der Waals surface area contributed by atoms with Crippen molar-refractivity contribution in [2.75, 3.05) is 47.0 Å². The van der Waals surface area contributed by atoms with Crippen LogP contribution in [0.3, 0.4) is 0 Å². The minimum Gasteiger partial charge on any atom is -0.365 e. The van der Waals surface area contributed by atoms with E-state index in [9.17, 15) is 18.8 Å². The Balaban J connectivity index is 1.45. The maximum atomic E-state index is 14.8. The first kappa shape index (κ1) is 25.3. The lowest BCUT2D eigenvalue weighted by Gasteiger charge is -2.33. The SMILES string of the molecule is C=CC(=O)Nc1cccc(CNc2nc(Nc3cc(F)c(N4CCN(O)CC4)c(F)c3)ncc2Cl)c1. The Kier molecular flexibility index (Phi) is 7.93. The highest BCUT2D eigenvalue weighted by atomic mass is 35.5. The highest BCUT2D eigenvalue weighted by Crippen LogP contribution is 2.29. The molecule has 1 aromatic heterocycles. The fraction of sp³-hybridized carbons (Fsp3) is 0.208. The van der Waals surface area contributed by atoms with Gasteiger partial charge in [-0.05, 0) is 35.9 Å². The summed E-state index contributed by atoms with van der Waals surface area (Å²) < 4.78 is 29.6. The Labute approximate surface area is 211 Å². The number of nitrogens with one attached hydrogen (secondary N) is 3. The van der Waals surface area contributed by atoms with Gasteiger partial charge in [0.05, 0.1) is 6.20 Å². The zero-order chi connectivity index (χ0) is 25.7. The van der Waals surface area contributed by atoms with Gasteiger partial charge in [-0.2, -0.15) is 10.0 Å². The molecule has 9 nitrogen and oxygen atoms in total. The maximum absolute atomic E-state index is 14.8. The van der Waals surface area contributed by atoms with Crippen LogP contribution in [0.2, 0.25) is 5.02 Å². The summed E-state index contributed by atoms with van der Waals surface area (Å²) in [5, 5.41) is 19.4. The maximum Gasteiger partial charge on any atom is 0.247 e. The monoisotopic (exact) mass is 515 g/mol. The van der Waals surface area contributed by atoms with E-state index in [2.05, 4.69) is 32.5 Å². The third-order valence-electron chi connectivity index (χ3n) is 5.43. The standard InChI is InChI=1S/C24H24ClF2N7O2/c1-2-21(35)30-16-5-3-4-15(10-16)13-28-23-18(25)14-29-24(32-23)31-17-11-19(26)22(20(27)12-17)33-6-8-34(36)9-7-33/h2-5,10-12,14,36H,1,6-9,13H2,(H,30,35)(H2,28,29,31,32). The number of rotatable bonds is 8. The number of halogens is 3. The molecule has 1 aliphatic heterocycles. The molecule has 188 valence electrons. The molecule has 0 spiro atoms. The van der Waals surface area contributed by atoms with Crippen LogP contribution in [0.15, 0.2) is 55.3 Å². The van der Waals surface area contributed by atoms with Gasteiger partial charge in [0.1, 0.15) is 10.7 Å². The number of hydrogen-bond acceptors (Lipinski definition) is 8. The first-order valence-electron chi connectivity index (χ1n) is 11.1. The molecular formula is C24H24ClF2N7O2. The van der Waals surface area contributed by atoms with Crippen molar-refractivity contribution < 1.29 is 18.8 Å². The van der Waals surface area contributed by atoms with Crippen molar-refractivity contribution >= 4 is 46.3 Å². The van der Waals surface area contributed by atoms with E-state index in [1.165, 1.54) is 12.3 Å². The summed E-state index contributed by atoms with van der Waals surface area (Å²) in [5.74, 6) is -1.38. The van der Waals surface area contributed by atoms with Crippen molar-refractivity contribution in [3.05, 3.63) is 77.5 Å². The lowest BCUT2D eigenvalue weighted by Crippen LogP contribution is -2.45. The van der Waals surface area contributed by atoms with Crippen LogP contribution < -0.4 is 20.9 Å². The minimum absolute atomic E-state index is 0.0920. The number of carbonyl (C=O) groups excluding carboxylic acids is 1. The van der Waals surface area contributed by atoms with Gasteiger partial charge in [0.2, 0.25) is 11.9 Å². The summed E-state index contributed by atoms with van der Waals surface area (Å²) >= 11 is 6.22. The zero-order valence-electron chi connectivity index (χ0n) is 19.1. The molecule has 1 amide bonds. The number of carbonyl (C=O) groups is 1. The molecule has 4 N–H and O–H groups in total. The largest absolute Gasteiger partial charge is 0.365 e. The number of anilines is 5. The van der Waals surface area contributed by atoms with Gasteiger partial charge >= 0.3 is 0 Å². The first-order valence-corrected chi connectivity index (χ1v) is 11.4. The molecule has 4 rings (SSSR count). The lowest BCUT2D eigenvalue weighted by atomic mass is 10.2. The molecule has 12 heteroatoms. The first-order chi connectivity index (χ1) is 17.3. The topological polar surface area (TPSA) is 106 Å². The van der Waals surface area contributed by atoms with Gasteiger partial charge in [-0.15, -0.1) is 0 Å². The second-order valence-electron chi connectivity index (χ2n) is 7.99. The van der Waals surface area contributed by atoms with E-state index < -0.39 is 11.6 Å². The lowest BCUT2D eigenvalue weighted by molar-refractivity contribution is -0.111. The van der Waals surface area contributed by atoms with Crippen molar-refractivity contribution in [2.45, 2.75) is 6.54 Å².